The van der Waals surface area contributed by atoms with Crippen molar-refractivity contribution >= 4 is 5.97 Å². The summed E-state index contributed by atoms with van der Waals surface area (Å²) in [5, 5.41) is 8.05. The van der Waals surface area contributed by atoms with Gasteiger partial charge in [0.05, 0.1) is 13.2 Å². The van der Waals surface area contributed by atoms with Gasteiger partial charge in [0.15, 0.2) is 0 Å². The lowest BCUT2D eigenvalue weighted by Gasteiger charge is -1.92. The highest BCUT2D eigenvalue weighted by molar-refractivity contribution is 5.88. The van der Waals surface area contributed by atoms with Gasteiger partial charge in [-0.15, -0.1) is 0 Å². The summed E-state index contributed by atoms with van der Waals surface area (Å²) in [6, 6.07) is 1.72. The van der Waals surface area contributed by atoms with Crippen LogP contribution in [0.2, 0.25) is 0 Å². The molecule has 0 heterocycles. The Balaban J connectivity index is 4.07. The molecule has 48 valence electrons. The van der Waals surface area contributed by atoms with Gasteiger partial charge in [0.1, 0.15) is 0 Å². The van der Waals surface area contributed by atoms with Gasteiger partial charge < -0.3 is 4.74 Å². The number of rotatable bonds is 1. The van der Waals surface area contributed by atoms with Crippen molar-refractivity contribution in [2.75, 3.05) is 7.11 Å². The second-order valence-corrected chi connectivity index (χ2v) is 1.45. The molecule has 0 aromatic carbocycles. The number of hydrogen-bond donors (Lipinski definition) is 0. The Bertz CT molecular complexity index is 176. The van der Waals surface area contributed by atoms with Crippen LogP contribution in [0.5, 0.6) is 0 Å². The fourth-order valence-electron chi connectivity index (χ4n) is 0.317. The van der Waals surface area contributed by atoms with E-state index in [1.54, 1.807) is 6.07 Å². The molecular weight excluding hydrogens is 118 g/mol. The van der Waals surface area contributed by atoms with Crippen LogP contribution in [-0.4, -0.2) is 13.1 Å². The number of methoxy groups -OCH3 is 1. The lowest BCUT2D eigenvalue weighted by atomic mass is 10.3. The van der Waals surface area contributed by atoms with E-state index >= 15 is 0 Å². The Morgan fingerprint density at radius 2 is 2.33 bits per heavy atom. The van der Waals surface area contributed by atoms with Gasteiger partial charge >= 0.3 is 5.97 Å². The largest absolute Gasteiger partial charge is 0.466 e. The van der Waals surface area contributed by atoms with Crippen molar-refractivity contribution in [2.45, 2.75) is 6.92 Å². The van der Waals surface area contributed by atoms with Crippen LogP contribution in [-0.2, 0) is 9.53 Å². The van der Waals surface area contributed by atoms with E-state index in [1.807, 2.05) is 0 Å². The summed E-state index contributed by atoms with van der Waals surface area (Å²) >= 11 is 0. The van der Waals surface area contributed by atoms with Gasteiger partial charge in [-0.05, 0) is 6.92 Å². The summed E-state index contributed by atoms with van der Waals surface area (Å²) in [6.45, 7) is 1.52. The normalized spacial score (nSPS) is 10.1. The minimum absolute atomic E-state index is 0.319. The lowest BCUT2D eigenvalue weighted by molar-refractivity contribution is -0.136. The molecule has 0 aromatic heterocycles. The Hall–Kier alpha value is -1.30. The summed E-state index contributed by atoms with van der Waals surface area (Å²) < 4.78 is 4.31. The molecule has 0 aliphatic carbocycles. The molecule has 0 fully saturated rings. The van der Waals surface area contributed by atoms with E-state index in [-0.39, 0.29) is 0 Å². The monoisotopic (exact) mass is 125 g/mol. The average molecular weight is 125 g/mol. The summed E-state index contributed by atoms with van der Waals surface area (Å²) in [7, 11) is 1.27. The number of carbonyl (C=O) groups is 1. The van der Waals surface area contributed by atoms with Gasteiger partial charge in [-0.2, -0.15) is 5.26 Å². The van der Waals surface area contributed by atoms with Gasteiger partial charge in [-0.3, -0.25) is 0 Å². The van der Waals surface area contributed by atoms with Crippen LogP contribution in [0, 0.1) is 11.3 Å². The molecule has 0 bridgehead atoms. The molecule has 0 amide bonds. The SMILES string of the molecule is COC(=O)/C(C)=C\C#N. The molecule has 0 saturated carbocycles. The summed E-state index contributed by atoms with van der Waals surface area (Å²) in [6.07, 6.45) is 1.14. The second kappa shape index (κ2) is 3.67. The molecule has 0 saturated heterocycles. The third kappa shape index (κ3) is 2.50. The fourth-order valence-corrected chi connectivity index (χ4v) is 0.317. The maximum Gasteiger partial charge on any atom is 0.334 e. The van der Waals surface area contributed by atoms with E-state index in [0.29, 0.717) is 5.57 Å². The molecule has 0 aliphatic heterocycles. The van der Waals surface area contributed by atoms with Crippen molar-refractivity contribution in [1.82, 2.24) is 0 Å². The molecule has 3 nitrogen and oxygen atoms in total. The van der Waals surface area contributed by atoms with E-state index in [4.69, 9.17) is 5.26 Å². The van der Waals surface area contributed by atoms with Gasteiger partial charge in [-0.1, -0.05) is 0 Å². The summed E-state index contributed by atoms with van der Waals surface area (Å²) in [5.74, 6) is -0.462. The van der Waals surface area contributed by atoms with E-state index in [2.05, 4.69) is 4.74 Å². The Morgan fingerprint density at radius 1 is 1.78 bits per heavy atom. The van der Waals surface area contributed by atoms with Crippen molar-refractivity contribution < 1.29 is 9.53 Å². The average Bonchev–Trinajstić information content (AvgIpc) is 1.87. The molecule has 0 aliphatic rings. The molecule has 0 rings (SSSR count). The first kappa shape index (κ1) is 7.70. The zero-order valence-corrected chi connectivity index (χ0v) is 5.34. The molecule has 0 radical (unpaired) electrons. The highest BCUT2D eigenvalue weighted by atomic mass is 16.5. The third-order valence-corrected chi connectivity index (χ3v) is 0.788. The predicted molar refractivity (Wildman–Crippen MR) is 31.4 cm³/mol. The Labute approximate surface area is 53.5 Å². The maximum absolute atomic E-state index is 10.5. The zero-order chi connectivity index (χ0) is 7.28. The van der Waals surface area contributed by atoms with E-state index in [1.165, 1.54) is 14.0 Å². The van der Waals surface area contributed by atoms with Crippen molar-refractivity contribution in [3.8, 4) is 6.07 Å². The number of nitrogens with zero attached hydrogens (tertiary/aromatic N) is 1. The van der Waals surface area contributed by atoms with Gasteiger partial charge in [-0.25, -0.2) is 4.79 Å². The molecule has 0 atom stereocenters. The molecular formula is C6H7NO2. The third-order valence-electron chi connectivity index (χ3n) is 0.788. The highest BCUT2D eigenvalue weighted by Crippen LogP contribution is 1.92. The van der Waals surface area contributed by atoms with Crippen molar-refractivity contribution in [2.24, 2.45) is 0 Å². The number of esters is 1. The van der Waals surface area contributed by atoms with Gasteiger partial charge in [0, 0.05) is 11.6 Å². The van der Waals surface area contributed by atoms with Crippen LogP contribution in [0.1, 0.15) is 6.92 Å². The Morgan fingerprint density at radius 3 is 2.67 bits per heavy atom. The number of nitriles is 1. The quantitative estimate of drug-likeness (QED) is 0.293. The summed E-state index contributed by atoms with van der Waals surface area (Å²) in [5.41, 5.74) is 0.319. The molecule has 3 heteroatoms. The number of allylic oxidation sites excluding steroid dienone is 1. The lowest BCUT2D eigenvalue weighted by Crippen LogP contribution is -2.00. The van der Waals surface area contributed by atoms with Gasteiger partial charge in [0.25, 0.3) is 0 Å². The van der Waals surface area contributed by atoms with Crippen molar-refractivity contribution in [1.29, 1.82) is 5.26 Å². The van der Waals surface area contributed by atoms with Crippen LogP contribution >= 0.6 is 0 Å². The molecule has 0 aromatic rings. The predicted octanol–water partition coefficient (Wildman–Crippen LogP) is 0.629. The Kier molecular flexibility index (Phi) is 3.14. The molecule has 0 N–H and O–H groups in total. The van der Waals surface area contributed by atoms with Crippen LogP contribution in [0.15, 0.2) is 11.6 Å². The molecule has 0 unspecified atom stereocenters. The van der Waals surface area contributed by atoms with E-state index < -0.39 is 5.97 Å². The molecule has 0 spiro atoms. The standard InChI is InChI=1S/C6H7NO2/c1-5(3-4-7)6(8)9-2/h3H,1-2H3/b5-3-. The topological polar surface area (TPSA) is 50.1 Å². The zero-order valence-electron chi connectivity index (χ0n) is 5.34. The highest BCUT2D eigenvalue weighted by Gasteiger charge is 1.99. The number of hydrogen-bond acceptors (Lipinski definition) is 3. The van der Waals surface area contributed by atoms with Crippen LogP contribution in [0.3, 0.4) is 0 Å². The van der Waals surface area contributed by atoms with Gasteiger partial charge in [0.2, 0.25) is 0 Å². The first-order valence-corrected chi connectivity index (χ1v) is 2.37. The first-order valence-electron chi connectivity index (χ1n) is 2.37. The van der Waals surface area contributed by atoms with Crippen LogP contribution in [0.25, 0.3) is 0 Å². The summed E-state index contributed by atoms with van der Waals surface area (Å²) in [4.78, 5) is 10.5. The maximum atomic E-state index is 10.5. The number of ether oxygens (including phenoxy) is 1. The smallest absolute Gasteiger partial charge is 0.334 e. The van der Waals surface area contributed by atoms with E-state index in [9.17, 15) is 4.79 Å². The number of carbonyl (C=O) groups excluding carboxylic acids is 1. The minimum Gasteiger partial charge on any atom is -0.466 e. The van der Waals surface area contributed by atoms with E-state index in [0.717, 1.165) is 6.08 Å². The minimum atomic E-state index is -0.462. The van der Waals surface area contributed by atoms with Crippen LogP contribution < -0.4 is 0 Å². The van der Waals surface area contributed by atoms with Crippen LogP contribution in [0.4, 0.5) is 0 Å². The van der Waals surface area contributed by atoms with Crippen molar-refractivity contribution in [3.63, 3.8) is 0 Å². The first-order chi connectivity index (χ1) is 4.22. The fraction of sp³-hybridized carbons (Fsp3) is 0.333. The second-order valence-electron chi connectivity index (χ2n) is 1.45. The molecule has 9 heavy (non-hydrogen) atoms. The van der Waals surface area contributed by atoms with Crippen molar-refractivity contribution in [3.05, 3.63) is 11.6 Å².